The number of halogens is 1. The summed E-state index contributed by atoms with van der Waals surface area (Å²) in [6, 6.07) is 7.02. The number of aryl methyl sites for hydroxylation is 1. The Bertz CT molecular complexity index is 1180. The number of benzene rings is 2. The molecule has 2 aliphatic rings. The molecule has 9 nitrogen and oxygen atoms in total. The third kappa shape index (κ3) is 4.70. The van der Waals surface area contributed by atoms with Crippen LogP contribution >= 0.6 is 0 Å². The Kier molecular flexibility index (Phi) is 6.49. The van der Waals surface area contributed by atoms with Gasteiger partial charge in [0.25, 0.3) is 5.91 Å². The average molecular weight is 469 g/mol. The zero-order valence-corrected chi connectivity index (χ0v) is 18.8. The summed E-state index contributed by atoms with van der Waals surface area (Å²) in [5.74, 6) is -1.30. The highest BCUT2D eigenvalue weighted by molar-refractivity contribution is 6.05. The molecule has 178 valence electrons. The van der Waals surface area contributed by atoms with Crippen molar-refractivity contribution in [2.75, 3.05) is 11.9 Å². The molecule has 0 spiro atoms. The van der Waals surface area contributed by atoms with Crippen LogP contribution in [0.3, 0.4) is 0 Å². The second kappa shape index (κ2) is 9.50. The van der Waals surface area contributed by atoms with Crippen LogP contribution in [0.1, 0.15) is 46.8 Å². The fourth-order valence-corrected chi connectivity index (χ4v) is 4.05. The summed E-state index contributed by atoms with van der Waals surface area (Å²) in [7, 11) is 0. The topological polar surface area (TPSA) is 114 Å². The highest BCUT2D eigenvalue weighted by Gasteiger charge is 2.39. The molecule has 0 aromatic heterocycles. The van der Waals surface area contributed by atoms with E-state index in [1.54, 1.807) is 32.0 Å². The average Bonchev–Trinajstić information content (AvgIpc) is 3.11. The monoisotopic (exact) mass is 469 g/mol. The first-order valence-corrected chi connectivity index (χ1v) is 10.9. The zero-order valence-electron chi connectivity index (χ0n) is 18.8. The van der Waals surface area contributed by atoms with Gasteiger partial charge in [-0.2, -0.15) is 0 Å². The third-order valence-corrected chi connectivity index (χ3v) is 5.76. The molecule has 1 atom stereocenters. The van der Waals surface area contributed by atoms with E-state index < -0.39 is 23.9 Å². The van der Waals surface area contributed by atoms with Gasteiger partial charge in [0.05, 0.1) is 12.3 Å². The summed E-state index contributed by atoms with van der Waals surface area (Å²) in [4.78, 5) is 50.1. The normalized spacial score (nSPS) is 17.3. The van der Waals surface area contributed by atoms with Crippen molar-refractivity contribution in [3.05, 3.63) is 58.4 Å². The molecule has 2 aromatic carbocycles. The van der Waals surface area contributed by atoms with Gasteiger partial charge in [0, 0.05) is 24.6 Å². The van der Waals surface area contributed by atoms with Gasteiger partial charge in [-0.25, -0.2) is 9.18 Å². The first-order chi connectivity index (χ1) is 16.3. The lowest BCUT2D eigenvalue weighted by molar-refractivity contribution is -0.136. The molecule has 0 aliphatic carbocycles. The maximum absolute atomic E-state index is 14.2. The molecule has 0 radical (unpaired) electrons. The van der Waals surface area contributed by atoms with Gasteiger partial charge in [0.15, 0.2) is 0 Å². The highest BCUT2D eigenvalue weighted by Crippen LogP contribution is 2.29. The van der Waals surface area contributed by atoms with Crippen molar-refractivity contribution in [2.45, 2.75) is 45.9 Å². The van der Waals surface area contributed by atoms with E-state index in [4.69, 9.17) is 9.47 Å². The summed E-state index contributed by atoms with van der Waals surface area (Å²) < 4.78 is 24.8. The third-order valence-electron chi connectivity index (χ3n) is 5.76. The second-order valence-electron chi connectivity index (χ2n) is 8.12. The Balaban J connectivity index is 1.39. The summed E-state index contributed by atoms with van der Waals surface area (Å²) >= 11 is 0. The van der Waals surface area contributed by atoms with Crippen LogP contribution in [-0.2, 0) is 27.5 Å². The van der Waals surface area contributed by atoms with Crippen molar-refractivity contribution in [3.8, 4) is 5.75 Å². The molecule has 10 heteroatoms. The number of fused-ring (bicyclic) bond motifs is 1. The smallest absolute Gasteiger partial charge is 0.412 e. The number of ether oxygens (including phenoxy) is 2. The second-order valence-corrected chi connectivity index (χ2v) is 8.12. The first kappa shape index (κ1) is 23.2. The summed E-state index contributed by atoms with van der Waals surface area (Å²) in [5, 5.41) is 4.63. The fraction of sp³-hybridized carbons (Fsp3) is 0.333. The molecule has 2 aromatic rings. The van der Waals surface area contributed by atoms with Gasteiger partial charge in [-0.05, 0) is 49.1 Å². The van der Waals surface area contributed by atoms with Crippen molar-refractivity contribution in [1.29, 1.82) is 0 Å². The van der Waals surface area contributed by atoms with E-state index in [1.807, 2.05) is 0 Å². The van der Waals surface area contributed by atoms with Crippen LogP contribution < -0.4 is 15.4 Å². The van der Waals surface area contributed by atoms with E-state index in [9.17, 15) is 23.6 Å². The predicted octanol–water partition coefficient (Wildman–Crippen LogP) is 3.04. The van der Waals surface area contributed by atoms with Crippen molar-refractivity contribution in [3.63, 3.8) is 0 Å². The molecule has 2 N–H and O–H groups in total. The first-order valence-electron chi connectivity index (χ1n) is 10.9. The minimum Gasteiger partial charge on any atom is -0.494 e. The fourth-order valence-electron chi connectivity index (χ4n) is 4.05. The number of hydrogen-bond donors (Lipinski definition) is 2. The molecule has 2 aliphatic heterocycles. The zero-order chi connectivity index (χ0) is 24.4. The van der Waals surface area contributed by atoms with Crippen molar-refractivity contribution in [1.82, 2.24) is 10.2 Å². The van der Waals surface area contributed by atoms with E-state index in [1.165, 1.54) is 17.0 Å². The lowest BCUT2D eigenvalue weighted by Gasteiger charge is -2.29. The standard InChI is InChI=1S/C24H24FN3O6/c1-3-33-20-10-18(17(25)8-13(20)2)26-24(32)34-12-14-4-5-15-11-28(23(31)16(15)9-14)19-6-7-21(29)27-22(19)30/h4-5,8-10,19H,3,6-7,11-12H2,1-2H3,(H,26,32)(H,27,29,30). The van der Waals surface area contributed by atoms with Crippen LogP contribution in [0.25, 0.3) is 0 Å². The Morgan fingerprint density at radius 2 is 2.03 bits per heavy atom. The van der Waals surface area contributed by atoms with Gasteiger partial charge in [-0.15, -0.1) is 0 Å². The van der Waals surface area contributed by atoms with Gasteiger partial charge in [0.2, 0.25) is 11.8 Å². The summed E-state index contributed by atoms with van der Waals surface area (Å²) in [6.45, 7) is 4.02. The maximum Gasteiger partial charge on any atom is 0.412 e. The number of imide groups is 1. The van der Waals surface area contributed by atoms with Crippen molar-refractivity contribution >= 4 is 29.5 Å². The number of carbonyl (C=O) groups is 4. The molecule has 34 heavy (non-hydrogen) atoms. The number of amides is 4. The van der Waals surface area contributed by atoms with Crippen LogP contribution in [0.2, 0.25) is 0 Å². The molecular weight excluding hydrogens is 445 g/mol. The van der Waals surface area contributed by atoms with Gasteiger partial charge >= 0.3 is 6.09 Å². The van der Waals surface area contributed by atoms with Crippen LogP contribution in [0.4, 0.5) is 14.9 Å². The Morgan fingerprint density at radius 1 is 1.24 bits per heavy atom. The number of hydrogen-bond acceptors (Lipinski definition) is 6. The van der Waals surface area contributed by atoms with Gasteiger partial charge < -0.3 is 14.4 Å². The van der Waals surface area contributed by atoms with Crippen LogP contribution in [0.15, 0.2) is 30.3 Å². The van der Waals surface area contributed by atoms with Gasteiger partial charge in [0.1, 0.15) is 24.2 Å². The van der Waals surface area contributed by atoms with Gasteiger partial charge in [-0.1, -0.05) is 12.1 Å². The molecule has 1 unspecified atom stereocenters. The molecule has 0 saturated carbocycles. The quantitative estimate of drug-likeness (QED) is 0.629. The largest absolute Gasteiger partial charge is 0.494 e. The number of rotatable bonds is 6. The van der Waals surface area contributed by atoms with Crippen molar-refractivity contribution in [2.24, 2.45) is 0 Å². The lowest BCUT2D eigenvalue weighted by Crippen LogP contribution is -2.52. The molecule has 2 heterocycles. The number of nitrogens with zero attached hydrogens (tertiary/aromatic N) is 1. The van der Waals surface area contributed by atoms with Crippen LogP contribution in [0.5, 0.6) is 5.75 Å². The lowest BCUT2D eigenvalue weighted by atomic mass is 10.0. The molecule has 1 saturated heterocycles. The summed E-state index contributed by atoms with van der Waals surface area (Å²) in [5.41, 5.74) is 2.26. The van der Waals surface area contributed by atoms with E-state index in [0.717, 1.165) is 5.56 Å². The van der Waals surface area contributed by atoms with Gasteiger partial charge in [-0.3, -0.25) is 25.0 Å². The highest BCUT2D eigenvalue weighted by atomic mass is 19.1. The molecular formula is C24H24FN3O6. The molecule has 0 bridgehead atoms. The Labute approximate surface area is 195 Å². The Morgan fingerprint density at radius 3 is 2.76 bits per heavy atom. The van der Waals surface area contributed by atoms with Crippen LogP contribution in [0, 0.1) is 12.7 Å². The van der Waals surface area contributed by atoms with Crippen LogP contribution in [-0.4, -0.2) is 41.4 Å². The number of piperidine rings is 1. The molecule has 4 amide bonds. The Hall–Kier alpha value is -3.95. The van der Waals surface area contributed by atoms with Crippen molar-refractivity contribution < 1.29 is 33.0 Å². The predicted molar refractivity (Wildman–Crippen MR) is 119 cm³/mol. The SMILES string of the molecule is CCOc1cc(NC(=O)OCc2ccc3c(c2)C(=O)N(C2CCC(=O)NC2=O)C3)c(F)cc1C. The minimum absolute atomic E-state index is 0.0666. The summed E-state index contributed by atoms with van der Waals surface area (Å²) in [6.07, 6.45) is -0.401. The number of anilines is 1. The molecule has 1 fully saturated rings. The number of nitrogens with one attached hydrogen (secondary N) is 2. The van der Waals surface area contributed by atoms with E-state index in [0.29, 0.717) is 29.0 Å². The maximum atomic E-state index is 14.2. The minimum atomic E-state index is -0.859. The van der Waals surface area contributed by atoms with E-state index in [2.05, 4.69) is 10.6 Å². The van der Waals surface area contributed by atoms with E-state index in [-0.39, 0.29) is 43.5 Å². The number of carbonyl (C=O) groups excluding carboxylic acids is 4. The molecule has 4 rings (SSSR count). The van der Waals surface area contributed by atoms with E-state index >= 15 is 0 Å².